The summed E-state index contributed by atoms with van der Waals surface area (Å²) >= 11 is 0. The molecule has 0 heteroatoms. The van der Waals surface area contributed by atoms with Crippen LogP contribution in [-0.4, -0.2) is 0 Å². The molecule has 8 rings (SSSR count). The molecular formula is C28H40. The van der Waals surface area contributed by atoms with E-state index in [-0.39, 0.29) is 0 Å². The van der Waals surface area contributed by atoms with E-state index < -0.39 is 0 Å². The Labute approximate surface area is 172 Å². The van der Waals surface area contributed by atoms with E-state index >= 15 is 0 Å². The highest BCUT2D eigenvalue weighted by Gasteiger charge is 2.61. The summed E-state index contributed by atoms with van der Waals surface area (Å²) in [5.74, 6) is 15.3. The quantitative estimate of drug-likeness (QED) is 0.360. The molecular weight excluding hydrogens is 336 g/mol. The van der Waals surface area contributed by atoms with Gasteiger partial charge in [0.05, 0.1) is 0 Å². The van der Waals surface area contributed by atoms with Gasteiger partial charge in [0.2, 0.25) is 0 Å². The van der Waals surface area contributed by atoms with Gasteiger partial charge < -0.3 is 0 Å². The normalized spacial score (nSPS) is 62.5. The summed E-state index contributed by atoms with van der Waals surface area (Å²) in [6, 6.07) is 0. The van der Waals surface area contributed by atoms with Crippen LogP contribution in [0, 0.1) is 82.9 Å². The first-order chi connectivity index (χ1) is 13.8. The number of hydrogen-bond acceptors (Lipinski definition) is 0. The molecule has 0 amide bonds. The maximum absolute atomic E-state index is 2.55. The van der Waals surface area contributed by atoms with Gasteiger partial charge in [0, 0.05) is 0 Å². The number of hydrogen-bond donors (Lipinski definition) is 0. The number of fused-ring (bicyclic) bond motifs is 18. The molecule has 0 aromatic rings. The molecule has 8 bridgehead atoms. The fourth-order valence-electron chi connectivity index (χ4n) is 11.2. The van der Waals surface area contributed by atoms with Crippen molar-refractivity contribution in [2.45, 2.75) is 65.2 Å². The van der Waals surface area contributed by atoms with Gasteiger partial charge in [-0.15, -0.1) is 0 Å². The maximum atomic E-state index is 2.55. The van der Waals surface area contributed by atoms with Crippen molar-refractivity contribution in [1.29, 1.82) is 0 Å². The van der Waals surface area contributed by atoms with Crippen LogP contribution in [0.1, 0.15) is 65.2 Å². The SMILES string of the molecule is CCC1CC2CC1C1C3C=CC(C3)C21.CCC1CC2CC1C1C3C=CC(C3)C21. The predicted octanol–water partition coefficient (Wildman–Crippen LogP) is 6.98. The third kappa shape index (κ3) is 2.09. The zero-order valence-electron chi connectivity index (χ0n) is 18.0. The predicted molar refractivity (Wildman–Crippen MR) is 115 cm³/mol. The van der Waals surface area contributed by atoms with Gasteiger partial charge >= 0.3 is 0 Å². The average Bonchev–Trinajstić information content (AvgIpc) is 3.58. The largest absolute Gasteiger partial charge is 0.0848 e. The second-order valence-electron chi connectivity index (χ2n) is 12.3. The Kier molecular flexibility index (Phi) is 3.69. The van der Waals surface area contributed by atoms with Crippen molar-refractivity contribution in [3.63, 3.8) is 0 Å². The van der Waals surface area contributed by atoms with Crippen LogP contribution < -0.4 is 0 Å². The van der Waals surface area contributed by atoms with Gasteiger partial charge in [0.25, 0.3) is 0 Å². The maximum Gasteiger partial charge on any atom is -0.0194 e. The molecule has 0 spiro atoms. The molecule has 6 saturated carbocycles. The summed E-state index contributed by atoms with van der Waals surface area (Å²) < 4.78 is 0. The topological polar surface area (TPSA) is 0 Å². The van der Waals surface area contributed by atoms with E-state index in [2.05, 4.69) is 38.2 Å². The molecule has 8 aliphatic carbocycles. The van der Waals surface area contributed by atoms with E-state index in [0.717, 1.165) is 82.9 Å². The molecule has 6 fully saturated rings. The lowest BCUT2D eigenvalue weighted by Crippen LogP contribution is -2.30. The van der Waals surface area contributed by atoms with Crippen molar-refractivity contribution < 1.29 is 0 Å². The van der Waals surface area contributed by atoms with E-state index in [1.54, 1.807) is 25.7 Å². The number of allylic oxidation sites excluding steroid dienone is 4. The fraction of sp³-hybridized carbons (Fsp3) is 0.857. The second-order valence-corrected chi connectivity index (χ2v) is 12.3. The van der Waals surface area contributed by atoms with E-state index in [0.29, 0.717) is 0 Å². The summed E-state index contributed by atoms with van der Waals surface area (Å²) in [4.78, 5) is 0. The van der Waals surface area contributed by atoms with E-state index in [1.165, 1.54) is 25.7 Å². The van der Waals surface area contributed by atoms with Gasteiger partial charge in [-0.05, 0) is 121 Å². The molecule has 0 nitrogen and oxygen atoms in total. The minimum Gasteiger partial charge on any atom is -0.0848 e. The fourth-order valence-corrected chi connectivity index (χ4v) is 11.2. The highest BCUT2D eigenvalue weighted by Crippen LogP contribution is 2.68. The summed E-state index contributed by atoms with van der Waals surface area (Å²) in [6.07, 6.45) is 22.5. The van der Waals surface area contributed by atoms with Crippen molar-refractivity contribution in [2.75, 3.05) is 0 Å². The Balaban J connectivity index is 0.000000103. The van der Waals surface area contributed by atoms with Crippen molar-refractivity contribution in [1.82, 2.24) is 0 Å². The van der Waals surface area contributed by atoms with Gasteiger partial charge in [-0.3, -0.25) is 0 Å². The second kappa shape index (κ2) is 6.01. The molecule has 28 heavy (non-hydrogen) atoms. The smallest absolute Gasteiger partial charge is 0.0194 e. The molecule has 0 aromatic heterocycles. The lowest BCUT2D eigenvalue weighted by molar-refractivity contribution is 0.147. The van der Waals surface area contributed by atoms with Crippen LogP contribution in [0.2, 0.25) is 0 Å². The summed E-state index contributed by atoms with van der Waals surface area (Å²) in [5, 5.41) is 0. The third-order valence-electron chi connectivity index (χ3n) is 11.9. The van der Waals surface area contributed by atoms with Crippen LogP contribution in [0.3, 0.4) is 0 Å². The van der Waals surface area contributed by atoms with Crippen molar-refractivity contribution in [2.24, 2.45) is 82.9 Å². The van der Waals surface area contributed by atoms with Crippen molar-refractivity contribution in [3.8, 4) is 0 Å². The Bertz CT molecular complexity index is 641. The van der Waals surface area contributed by atoms with Crippen LogP contribution in [0.4, 0.5) is 0 Å². The Morgan fingerprint density at radius 1 is 0.500 bits per heavy atom. The zero-order chi connectivity index (χ0) is 18.6. The highest BCUT2D eigenvalue weighted by molar-refractivity contribution is 5.21. The molecule has 8 aliphatic rings. The molecule has 0 radical (unpaired) electrons. The first kappa shape index (κ1) is 17.2. The molecule has 152 valence electrons. The molecule has 0 saturated heterocycles. The van der Waals surface area contributed by atoms with Gasteiger partial charge in [0.1, 0.15) is 0 Å². The van der Waals surface area contributed by atoms with Crippen LogP contribution >= 0.6 is 0 Å². The zero-order valence-corrected chi connectivity index (χ0v) is 18.0. The first-order valence-electron chi connectivity index (χ1n) is 13.1. The van der Waals surface area contributed by atoms with Gasteiger partial charge in [0.15, 0.2) is 0 Å². The molecule has 0 aromatic carbocycles. The Morgan fingerprint density at radius 3 is 1.29 bits per heavy atom. The molecule has 0 aliphatic heterocycles. The molecule has 14 atom stereocenters. The van der Waals surface area contributed by atoms with Gasteiger partial charge in [-0.25, -0.2) is 0 Å². The Morgan fingerprint density at radius 2 is 0.893 bits per heavy atom. The summed E-state index contributed by atoms with van der Waals surface area (Å²) in [6.45, 7) is 4.81. The highest BCUT2D eigenvalue weighted by atomic mass is 14.7. The molecule has 0 N–H and O–H groups in total. The van der Waals surface area contributed by atoms with Gasteiger partial charge in [-0.2, -0.15) is 0 Å². The molecule has 14 unspecified atom stereocenters. The lowest BCUT2D eigenvalue weighted by atomic mass is 9.69. The van der Waals surface area contributed by atoms with E-state index in [4.69, 9.17) is 0 Å². The number of rotatable bonds is 2. The van der Waals surface area contributed by atoms with E-state index in [9.17, 15) is 0 Å². The summed E-state index contributed by atoms with van der Waals surface area (Å²) in [5.41, 5.74) is 0. The van der Waals surface area contributed by atoms with Crippen molar-refractivity contribution >= 4 is 0 Å². The van der Waals surface area contributed by atoms with Crippen LogP contribution in [0.25, 0.3) is 0 Å². The minimum atomic E-state index is 1.01. The third-order valence-corrected chi connectivity index (χ3v) is 11.9. The monoisotopic (exact) mass is 376 g/mol. The Hall–Kier alpha value is -0.520. The minimum absolute atomic E-state index is 1.01. The first-order valence-corrected chi connectivity index (χ1v) is 13.1. The molecule has 0 heterocycles. The van der Waals surface area contributed by atoms with Crippen LogP contribution in [0.15, 0.2) is 24.3 Å². The van der Waals surface area contributed by atoms with Crippen LogP contribution in [-0.2, 0) is 0 Å². The summed E-state index contributed by atoms with van der Waals surface area (Å²) in [7, 11) is 0. The standard InChI is InChI=1S/2C14H20/c2*1-2-8-5-11-7-12(8)14-10-4-3-9(6-10)13(11)14/h2*3-4,8-14H,2,5-7H2,1H3. The van der Waals surface area contributed by atoms with E-state index in [1.807, 2.05) is 0 Å². The lowest BCUT2D eigenvalue weighted by Gasteiger charge is -2.36. The average molecular weight is 377 g/mol. The van der Waals surface area contributed by atoms with Crippen molar-refractivity contribution in [3.05, 3.63) is 24.3 Å². The van der Waals surface area contributed by atoms with Crippen LogP contribution in [0.5, 0.6) is 0 Å². The van der Waals surface area contributed by atoms with Gasteiger partial charge in [-0.1, -0.05) is 51.0 Å².